The molecule has 1 N–H and O–H groups in total. The molecule has 4 aliphatic rings. The number of fused-ring (bicyclic) bond motifs is 6. The van der Waals surface area contributed by atoms with Crippen LogP contribution in [0.1, 0.15) is 18.4 Å². The number of rotatable bonds is 2. The molecule has 6 nitrogen and oxygen atoms in total. The van der Waals surface area contributed by atoms with Gasteiger partial charge in [0.1, 0.15) is 22.5 Å². The first kappa shape index (κ1) is 18.8. The van der Waals surface area contributed by atoms with Crippen molar-refractivity contribution in [3.63, 3.8) is 0 Å². The Hall–Kier alpha value is -2.97. The van der Waals surface area contributed by atoms with E-state index < -0.39 is 11.6 Å². The second-order valence-electron chi connectivity index (χ2n) is 7.95. The van der Waals surface area contributed by atoms with Crippen LogP contribution in [-0.4, -0.2) is 40.9 Å². The number of amidine groups is 1. The van der Waals surface area contributed by atoms with Crippen LogP contribution in [0.3, 0.4) is 0 Å². The van der Waals surface area contributed by atoms with E-state index in [0.29, 0.717) is 28.3 Å². The van der Waals surface area contributed by atoms with Crippen LogP contribution in [0.5, 0.6) is 0 Å². The summed E-state index contributed by atoms with van der Waals surface area (Å²) in [5, 5.41) is 7.75. The number of hydrogen-bond acceptors (Lipinski definition) is 5. The molecule has 3 saturated heterocycles. The van der Waals surface area contributed by atoms with E-state index in [1.165, 1.54) is 24.4 Å². The highest BCUT2D eigenvalue weighted by Crippen LogP contribution is 2.38. The highest BCUT2D eigenvalue weighted by molar-refractivity contribution is 6.33. The van der Waals surface area contributed by atoms with Crippen molar-refractivity contribution in [1.29, 1.82) is 0 Å². The lowest BCUT2D eigenvalue weighted by Gasteiger charge is -2.46. The summed E-state index contributed by atoms with van der Waals surface area (Å²) in [5.74, 6) is -1.07. The Morgan fingerprint density at radius 1 is 1.13 bits per heavy atom. The molecule has 4 aliphatic heterocycles. The first-order valence-electron chi connectivity index (χ1n) is 10.1. The molecule has 3 aromatic rings. The van der Waals surface area contributed by atoms with Gasteiger partial charge in [-0.3, -0.25) is 0 Å². The molecule has 9 heteroatoms. The van der Waals surface area contributed by atoms with Gasteiger partial charge < -0.3 is 15.0 Å². The Kier molecular flexibility index (Phi) is 4.26. The average Bonchev–Trinajstić information content (AvgIpc) is 3.06. The number of nitrogens with one attached hydrogen (secondary N) is 1. The second kappa shape index (κ2) is 7.03. The molecule has 0 radical (unpaired) electrons. The van der Waals surface area contributed by atoms with Gasteiger partial charge in [0.15, 0.2) is 5.82 Å². The van der Waals surface area contributed by atoms with Crippen molar-refractivity contribution in [2.24, 2.45) is 4.99 Å². The largest absolute Gasteiger partial charge is 0.374 e. The third kappa shape index (κ3) is 3.01. The van der Waals surface area contributed by atoms with Gasteiger partial charge in [0, 0.05) is 12.2 Å². The fourth-order valence-corrected chi connectivity index (χ4v) is 4.72. The Bertz CT molecular complexity index is 1200. The molecule has 2 aromatic carbocycles. The molecule has 2 bridgehead atoms. The number of hydrogen-bond donors (Lipinski definition) is 1. The Balaban J connectivity index is 1.48. The number of aliphatic imine (C=N–C) groups is 1. The van der Waals surface area contributed by atoms with Crippen molar-refractivity contribution < 1.29 is 13.5 Å². The van der Waals surface area contributed by atoms with Crippen LogP contribution in [0.25, 0.3) is 5.69 Å². The fraction of sp³-hybridized carbons (Fsp3) is 0.273. The van der Waals surface area contributed by atoms with E-state index in [-0.39, 0.29) is 17.5 Å². The molecule has 3 fully saturated rings. The van der Waals surface area contributed by atoms with Gasteiger partial charge in [-0.2, -0.15) is 5.10 Å². The average molecular weight is 442 g/mol. The van der Waals surface area contributed by atoms with E-state index in [9.17, 15) is 8.78 Å². The lowest BCUT2D eigenvalue weighted by atomic mass is 9.96. The van der Waals surface area contributed by atoms with Gasteiger partial charge in [-0.25, -0.2) is 18.5 Å². The van der Waals surface area contributed by atoms with Crippen LogP contribution in [0.2, 0.25) is 5.02 Å². The molecule has 0 unspecified atom stereocenters. The maximum absolute atomic E-state index is 14.5. The highest BCUT2D eigenvalue weighted by atomic mass is 35.5. The van der Waals surface area contributed by atoms with Crippen LogP contribution in [0, 0.1) is 11.6 Å². The van der Waals surface area contributed by atoms with E-state index in [1.807, 2.05) is 18.2 Å². The maximum Gasteiger partial charge on any atom is 0.176 e. The van der Waals surface area contributed by atoms with Gasteiger partial charge >= 0.3 is 0 Å². The molecule has 5 heterocycles. The minimum absolute atomic E-state index is 0.0381. The van der Waals surface area contributed by atoms with E-state index >= 15 is 0 Å². The zero-order chi connectivity index (χ0) is 21.1. The molecule has 1 aromatic heterocycles. The number of aromatic nitrogens is 2. The summed E-state index contributed by atoms with van der Waals surface area (Å²) in [4.78, 5) is 6.80. The Morgan fingerprint density at radius 3 is 2.68 bits per heavy atom. The fourth-order valence-electron chi connectivity index (χ4n) is 4.55. The lowest BCUT2D eigenvalue weighted by Crippen LogP contribution is -2.54. The van der Waals surface area contributed by atoms with Crippen LogP contribution in [-0.2, 0) is 4.74 Å². The molecular formula is C22H18ClF2N5O. The first-order chi connectivity index (χ1) is 15.1. The summed E-state index contributed by atoms with van der Waals surface area (Å²) in [6, 6.07) is 9.94. The van der Waals surface area contributed by atoms with Crippen LogP contribution >= 0.6 is 11.6 Å². The third-order valence-electron chi connectivity index (χ3n) is 6.10. The van der Waals surface area contributed by atoms with Gasteiger partial charge in [-0.1, -0.05) is 17.7 Å². The SMILES string of the molecule is Fc1cccc(F)c1C1=Nc2c(Cl)cnn2-c2cc(N3C[C@H]4CC[C@@H]3CO4)ccc2N1. The van der Waals surface area contributed by atoms with Crippen molar-refractivity contribution in [2.75, 3.05) is 23.4 Å². The van der Waals surface area contributed by atoms with Crippen LogP contribution < -0.4 is 10.2 Å². The number of benzene rings is 2. The molecule has 0 spiro atoms. The quantitative estimate of drug-likeness (QED) is 0.627. The molecule has 0 amide bonds. The smallest absolute Gasteiger partial charge is 0.176 e. The van der Waals surface area contributed by atoms with Crippen LogP contribution in [0.4, 0.5) is 26.0 Å². The zero-order valence-electron chi connectivity index (χ0n) is 16.4. The molecule has 2 atom stereocenters. The molecule has 7 rings (SSSR count). The van der Waals surface area contributed by atoms with E-state index in [4.69, 9.17) is 16.3 Å². The molecular weight excluding hydrogens is 424 g/mol. The monoisotopic (exact) mass is 441 g/mol. The number of halogens is 3. The molecule has 31 heavy (non-hydrogen) atoms. The Morgan fingerprint density at radius 2 is 1.97 bits per heavy atom. The zero-order valence-corrected chi connectivity index (χ0v) is 17.1. The van der Waals surface area contributed by atoms with E-state index in [2.05, 4.69) is 20.3 Å². The van der Waals surface area contributed by atoms with Gasteiger partial charge in [0.25, 0.3) is 0 Å². The summed E-state index contributed by atoms with van der Waals surface area (Å²) < 4.78 is 36.4. The number of nitrogens with zero attached hydrogens (tertiary/aromatic N) is 4. The predicted octanol–water partition coefficient (Wildman–Crippen LogP) is 4.68. The van der Waals surface area contributed by atoms with E-state index in [1.54, 1.807) is 4.68 Å². The van der Waals surface area contributed by atoms with Gasteiger partial charge in [-0.15, -0.1) is 0 Å². The minimum Gasteiger partial charge on any atom is -0.374 e. The van der Waals surface area contributed by atoms with Crippen molar-refractivity contribution in [3.05, 3.63) is 64.8 Å². The summed E-state index contributed by atoms with van der Waals surface area (Å²) in [6.07, 6.45) is 3.90. The first-order valence-corrected chi connectivity index (χ1v) is 10.5. The second-order valence-corrected chi connectivity index (χ2v) is 8.36. The summed E-state index contributed by atoms with van der Waals surface area (Å²) in [5.41, 5.74) is 2.13. The normalized spacial score (nSPS) is 21.8. The van der Waals surface area contributed by atoms with Crippen molar-refractivity contribution in [3.8, 4) is 5.69 Å². The van der Waals surface area contributed by atoms with Crippen LogP contribution in [0.15, 0.2) is 47.6 Å². The van der Waals surface area contributed by atoms with Crippen molar-refractivity contribution in [1.82, 2.24) is 9.78 Å². The topological polar surface area (TPSA) is 54.7 Å². The van der Waals surface area contributed by atoms with Gasteiger partial charge in [0.05, 0.1) is 41.9 Å². The van der Waals surface area contributed by atoms with E-state index in [0.717, 1.165) is 31.7 Å². The predicted molar refractivity (Wildman–Crippen MR) is 115 cm³/mol. The van der Waals surface area contributed by atoms with Crippen molar-refractivity contribution >= 4 is 34.6 Å². The number of ether oxygens (including phenoxy) is 1. The maximum atomic E-state index is 14.5. The molecule has 0 aliphatic carbocycles. The molecule has 0 saturated carbocycles. The molecule has 158 valence electrons. The third-order valence-corrected chi connectivity index (χ3v) is 6.37. The minimum atomic E-state index is -0.710. The number of morpholine rings is 1. The lowest BCUT2D eigenvalue weighted by molar-refractivity contribution is -0.0225. The summed E-state index contributed by atoms with van der Waals surface area (Å²) in [7, 11) is 0. The Labute approximate surface area is 182 Å². The van der Waals surface area contributed by atoms with Crippen molar-refractivity contribution in [2.45, 2.75) is 25.0 Å². The number of anilines is 2. The standard InChI is InChI=1S/C22H18ClF2N5O/c23-15-9-26-30-19-8-12(29-10-14-6-4-13(29)11-31-14)5-7-18(19)27-21(28-22(15)30)20-16(24)2-1-3-17(20)25/h1-3,5,7-9,13-14H,4,6,10-11H2,(H,27,28)/t13-,14-/m1/s1. The summed E-state index contributed by atoms with van der Waals surface area (Å²) >= 11 is 6.34. The van der Waals surface area contributed by atoms with Gasteiger partial charge in [-0.05, 0) is 43.2 Å². The summed E-state index contributed by atoms with van der Waals surface area (Å²) in [6.45, 7) is 1.56. The number of piperidine rings is 1. The van der Waals surface area contributed by atoms with Gasteiger partial charge in [0.2, 0.25) is 0 Å². The highest BCUT2D eigenvalue weighted by Gasteiger charge is 2.35.